The number of aromatic nitrogens is 4. The Labute approximate surface area is 200 Å². The molecule has 0 radical (unpaired) electrons. The molecule has 0 aliphatic heterocycles. The average molecular weight is 535 g/mol. The van der Waals surface area contributed by atoms with Crippen LogP contribution in [0.4, 0.5) is 13.2 Å². The van der Waals surface area contributed by atoms with Crippen molar-refractivity contribution in [3.05, 3.63) is 68.7 Å². The van der Waals surface area contributed by atoms with Gasteiger partial charge >= 0.3 is 7.60 Å². The third kappa shape index (κ3) is 3.57. The molecule has 0 N–H and O–H groups in total. The van der Waals surface area contributed by atoms with Crippen LogP contribution in [0.2, 0.25) is 5.28 Å². The molecule has 5 rings (SSSR count). The van der Waals surface area contributed by atoms with Crippen LogP contribution in [-0.2, 0) is 16.2 Å². The van der Waals surface area contributed by atoms with E-state index in [0.29, 0.717) is 0 Å². The molecule has 7 nitrogen and oxygen atoms in total. The lowest BCUT2D eigenvalue weighted by atomic mass is 10.2. The second-order valence-electron chi connectivity index (χ2n) is 6.95. The lowest BCUT2D eigenvalue weighted by molar-refractivity contribution is -0.134. The highest BCUT2D eigenvalue weighted by Crippen LogP contribution is 2.37. The van der Waals surface area contributed by atoms with Crippen molar-refractivity contribution in [3.8, 4) is 0 Å². The van der Waals surface area contributed by atoms with Gasteiger partial charge in [-0.15, -0.1) is 11.3 Å². The van der Waals surface area contributed by atoms with Crippen molar-refractivity contribution in [2.75, 3.05) is 0 Å². The molecule has 0 bridgehead atoms. The van der Waals surface area contributed by atoms with E-state index in [2.05, 4.69) is 9.97 Å². The van der Waals surface area contributed by atoms with Gasteiger partial charge in [-0.1, -0.05) is 17.7 Å². The Morgan fingerprint density at radius 2 is 1.76 bits per heavy atom. The van der Waals surface area contributed by atoms with E-state index in [0.717, 1.165) is 20.0 Å². The minimum absolute atomic E-state index is 0. The Kier molecular flexibility index (Phi) is 5.47. The maximum absolute atomic E-state index is 13.1. The van der Waals surface area contributed by atoms with Gasteiger partial charge in [-0.25, -0.2) is 21.8 Å². The van der Waals surface area contributed by atoms with E-state index in [-0.39, 0.29) is 57.0 Å². The average Bonchev–Trinajstić information content (AvgIpc) is 3.33. The van der Waals surface area contributed by atoms with E-state index >= 15 is 0 Å². The van der Waals surface area contributed by atoms with Gasteiger partial charge in [0.1, 0.15) is 9.58 Å². The van der Waals surface area contributed by atoms with Gasteiger partial charge in [0.2, 0.25) is 5.28 Å². The zero-order valence-corrected chi connectivity index (χ0v) is 19.4. The Hall–Kier alpha value is -2.67. The molecule has 0 spiro atoms. The van der Waals surface area contributed by atoms with Crippen LogP contribution in [0.5, 0.6) is 0 Å². The molecule has 0 saturated carbocycles. The molecule has 4 heterocycles. The summed E-state index contributed by atoms with van der Waals surface area (Å²) in [4.78, 5) is 20.1. The first-order valence-electron chi connectivity index (χ1n) is 8.91. The second-order valence-corrected chi connectivity index (χ2v) is 10.2. The van der Waals surface area contributed by atoms with E-state index in [1.807, 2.05) is 6.92 Å². The maximum Gasteiger partial charge on any atom is 1.00 e. The molecule has 172 valence electrons. The molecule has 14 heteroatoms. The fraction of sp³-hybridized carbons (Fsp3) is 0.105. The van der Waals surface area contributed by atoms with E-state index < -0.39 is 31.9 Å². The highest BCUT2D eigenvalue weighted by Gasteiger charge is 2.34. The number of aryl methyl sites for hydroxylation is 1. The molecule has 0 aliphatic rings. The summed E-state index contributed by atoms with van der Waals surface area (Å²) in [6, 6.07) is 8.31. The lowest BCUT2D eigenvalue weighted by Gasteiger charge is -2.09. The third-order valence-electron chi connectivity index (χ3n) is 4.85. The van der Waals surface area contributed by atoms with Gasteiger partial charge in [0.15, 0.2) is 11.3 Å². The van der Waals surface area contributed by atoms with E-state index in [4.69, 9.17) is 11.6 Å². The van der Waals surface area contributed by atoms with E-state index in [1.165, 1.54) is 24.4 Å². The van der Waals surface area contributed by atoms with Crippen molar-refractivity contribution in [1.29, 1.82) is 0 Å². The topological polar surface area (TPSA) is 86.3 Å². The summed E-state index contributed by atoms with van der Waals surface area (Å²) < 4.78 is 67.2. The highest BCUT2D eigenvalue weighted by atomic mass is 35.5. The summed E-state index contributed by atoms with van der Waals surface area (Å²) in [5.74, 6) is 0. The fourth-order valence-electron chi connectivity index (χ4n) is 3.32. The predicted octanol–water partition coefficient (Wildman–Crippen LogP) is 1.59. The molecule has 0 atom stereocenters. The van der Waals surface area contributed by atoms with Gasteiger partial charge in [0.25, 0.3) is 15.6 Å². The quantitative estimate of drug-likeness (QED) is 0.321. The molecular formula is C19H11Cl2F3N4O3S2. The van der Waals surface area contributed by atoms with Crippen LogP contribution in [-0.4, -0.2) is 26.8 Å². The Morgan fingerprint density at radius 3 is 2.39 bits per heavy atom. The summed E-state index contributed by atoms with van der Waals surface area (Å²) in [7, 11) is -4.06. The van der Waals surface area contributed by atoms with Crippen LogP contribution in [0.25, 0.3) is 26.9 Å². The molecule has 0 fully saturated rings. The molecule has 5 aromatic rings. The normalized spacial score (nSPS) is 12.5. The number of nitrogens with zero attached hydrogens (tertiary/aromatic N) is 4. The summed E-state index contributed by atoms with van der Waals surface area (Å²) >= 11 is 6.43. The molecule has 4 aromatic heterocycles. The van der Waals surface area contributed by atoms with Gasteiger partial charge in [-0.3, -0.25) is 4.79 Å². The summed E-state index contributed by atoms with van der Waals surface area (Å²) in [6.45, 7) is 1.81. The van der Waals surface area contributed by atoms with Crippen molar-refractivity contribution in [2.24, 2.45) is 0 Å². The SMILES string of the molecule is Cc1ccc(S(=O)(=O)n2ccc3c2nc(Cl)n2c(=O)c4sc(C(F)(F)F)cc4nc32)cc1.[Cl-].[H+]. The van der Waals surface area contributed by atoms with E-state index in [9.17, 15) is 26.4 Å². The molecule has 0 amide bonds. The second kappa shape index (κ2) is 7.69. The summed E-state index contributed by atoms with van der Waals surface area (Å²) in [5.41, 5.74) is -0.311. The molecular weight excluding hydrogens is 524 g/mol. The Morgan fingerprint density at radius 1 is 1.09 bits per heavy atom. The van der Waals surface area contributed by atoms with Gasteiger partial charge < -0.3 is 12.4 Å². The Bertz CT molecular complexity index is 1730. The number of alkyl halides is 3. The van der Waals surface area contributed by atoms with Crippen LogP contribution in [0.3, 0.4) is 0 Å². The summed E-state index contributed by atoms with van der Waals surface area (Å²) in [5, 5.41) is -0.281. The number of rotatable bonds is 2. The van der Waals surface area contributed by atoms with Crippen LogP contribution in [0.15, 0.2) is 52.3 Å². The van der Waals surface area contributed by atoms with Crippen LogP contribution >= 0.6 is 22.9 Å². The molecule has 0 aliphatic carbocycles. The van der Waals surface area contributed by atoms with Crippen LogP contribution in [0, 0.1) is 6.92 Å². The van der Waals surface area contributed by atoms with Gasteiger partial charge in [-0.2, -0.15) is 18.2 Å². The minimum atomic E-state index is -4.64. The standard InChI is InChI=1S/C19H10ClF3N4O3S2.ClH/c1-9-2-4-10(5-3-9)32(29,30)26-7-6-11-15(26)25-18(20)27-16(11)24-12-8-13(19(21,22)23)31-14(12)17(27)28;/h2-8H,1H3;1H. The molecule has 0 unspecified atom stereocenters. The van der Waals surface area contributed by atoms with Crippen LogP contribution in [0.1, 0.15) is 11.9 Å². The Balaban J connectivity index is 0.00000162. The van der Waals surface area contributed by atoms with Crippen molar-refractivity contribution >= 4 is 59.9 Å². The van der Waals surface area contributed by atoms with Gasteiger partial charge in [-0.05, 0) is 42.8 Å². The monoisotopic (exact) mass is 534 g/mol. The predicted molar refractivity (Wildman–Crippen MR) is 115 cm³/mol. The van der Waals surface area contributed by atoms with Crippen molar-refractivity contribution in [3.63, 3.8) is 0 Å². The lowest BCUT2D eigenvalue weighted by Crippen LogP contribution is -3.00. The maximum atomic E-state index is 13.1. The van der Waals surface area contributed by atoms with Crippen molar-refractivity contribution in [1.82, 2.24) is 18.3 Å². The number of thiophene rings is 1. The number of hydrogen-bond acceptors (Lipinski definition) is 6. The minimum Gasteiger partial charge on any atom is -1.00 e. The highest BCUT2D eigenvalue weighted by molar-refractivity contribution is 7.90. The number of hydrogen-bond donors (Lipinski definition) is 0. The third-order valence-corrected chi connectivity index (χ3v) is 7.95. The van der Waals surface area contributed by atoms with Crippen molar-refractivity contribution < 1.29 is 35.4 Å². The van der Waals surface area contributed by atoms with E-state index in [1.54, 1.807) is 12.1 Å². The zero-order valence-electron chi connectivity index (χ0n) is 17.3. The van der Waals surface area contributed by atoms with Crippen molar-refractivity contribution in [2.45, 2.75) is 18.0 Å². The van der Waals surface area contributed by atoms with Gasteiger partial charge in [0, 0.05) is 6.20 Å². The summed E-state index contributed by atoms with van der Waals surface area (Å²) in [6.07, 6.45) is -3.41. The first-order valence-corrected chi connectivity index (χ1v) is 11.5. The molecule has 33 heavy (non-hydrogen) atoms. The molecule has 0 saturated heterocycles. The number of fused-ring (bicyclic) bond motifs is 4. The zero-order chi connectivity index (χ0) is 23.0. The first-order chi connectivity index (χ1) is 15.0. The smallest absolute Gasteiger partial charge is 1.00 e. The van der Waals surface area contributed by atoms with Gasteiger partial charge in [0.05, 0.1) is 15.8 Å². The fourth-order valence-corrected chi connectivity index (χ4v) is 5.74. The largest absolute Gasteiger partial charge is 1.00 e. The first kappa shape index (κ1) is 23.5. The molecule has 1 aromatic carbocycles. The van der Waals surface area contributed by atoms with Crippen LogP contribution < -0.4 is 18.0 Å². The number of halogens is 5. The number of benzene rings is 1.